The number of nitrogens with one attached hydrogen (secondary N) is 3. The van der Waals surface area contributed by atoms with Crippen LogP contribution in [0.25, 0.3) is 10.9 Å². The van der Waals surface area contributed by atoms with E-state index in [1.807, 2.05) is 36.4 Å². The van der Waals surface area contributed by atoms with E-state index in [-0.39, 0.29) is 6.42 Å². The zero-order valence-electron chi connectivity index (χ0n) is 18.8. The van der Waals surface area contributed by atoms with Gasteiger partial charge in [-0.25, -0.2) is 9.59 Å². The van der Waals surface area contributed by atoms with E-state index in [4.69, 9.17) is 10.5 Å². The summed E-state index contributed by atoms with van der Waals surface area (Å²) >= 11 is 0. The molecule has 1 aromatic heterocycles. The van der Waals surface area contributed by atoms with Crippen LogP contribution >= 0.6 is 0 Å². The number of nitrogens with zero attached hydrogens (tertiary/aromatic N) is 1. The molecule has 0 fully saturated rings. The molecule has 0 saturated carbocycles. The Kier molecular flexibility index (Phi) is 7.91. The summed E-state index contributed by atoms with van der Waals surface area (Å²) in [6.07, 6.45) is 1.93. The van der Waals surface area contributed by atoms with Crippen molar-refractivity contribution in [2.24, 2.45) is 5.73 Å². The average molecular weight is 452 g/mol. The first kappa shape index (κ1) is 23.6. The van der Waals surface area contributed by atoms with Gasteiger partial charge in [-0.2, -0.15) is 0 Å². The first-order valence-electron chi connectivity index (χ1n) is 10.8. The lowest BCUT2D eigenvalue weighted by Gasteiger charge is -2.21. The van der Waals surface area contributed by atoms with Crippen LogP contribution in [0, 0.1) is 0 Å². The van der Waals surface area contributed by atoms with E-state index in [9.17, 15) is 14.4 Å². The average Bonchev–Trinajstić information content (AvgIpc) is 3.21. The number of aromatic amines is 1. The topological polar surface area (TPSA) is 130 Å². The van der Waals surface area contributed by atoms with Crippen molar-refractivity contribution in [2.75, 3.05) is 29.9 Å². The molecule has 2 aromatic carbocycles. The number of benzene rings is 2. The molecule has 3 rings (SSSR count). The summed E-state index contributed by atoms with van der Waals surface area (Å²) in [5.74, 6) is -1.23. The first-order chi connectivity index (χ1) is 15.9. The molecule has 0 aliphatic rings. The summed E-state index contributed by atoms with van der Waals surface area (Å²) in [5.41, 5.74) is 8.61. The fourth-order valence-corrected chi connectivity index (χ4v) is 3.66. The smallest absolute Gasteiger partial charge is 0.329 e. The van der Waals surface area contributed by atoms with E-state index >= 15 is 0 Å². The molecular weight excluding hydrogens is 422 g/mol. The van der Waals surface area contributed by atoms with Crippen LogP contribution in [0.15, 0.2) is 54.7 Å². The van der Waals surface area contributed by atoms with Crippen LogP contribution < -0.4 is 21.3 Å². The fourth-order valence-electron chi connectivity index (χ4n) is 3.66. The zero-order valence-corrected chi connectivity index (χ0v) is 18.8. The van der Waals surface area contributed by atoms with Crippen molar-refractivity contribution in [3.63, 3.8) is 0 Å². The standard InChI is InChI=1S/C24H29N5O4/c1-3-29(4-2)18-11-9-17(10-12-18)27-22(30)15-33-23(31)21(28-24(25)32)13-16-14-26-20-8-6-5-7-19(16)20/h5-12,14,21,26H,3-4,13,15H2,1-2H3,(H,27,30)(H3,25,28,32)/t21-/m1/s1. The van der Waals surface area contributed by atoms with Gasteiger partial charge in [-0.05, 0) is 49.7 Å². The number of amides is 3. The van der Waals surface area contributed by atoms with E-state index < -0.39 is 30.6 Å². The Morgan fingerprint density at radius 3 is 2.42 bits per heavy atom. The predicted octanol–water partition coefficient (Wildman–Crippen LogP) is 2.78. The largest absolute Gasteiger partial charge is 0.454 e. The molecule has 1 heterocycles. The van der Waals surface area contributed by atoms with Crippen LogP contribution in [0.2, 0.25) is 0 Å². The summed E-state index contributed by atoms with van der Waals surface area (Å²) < 4.78 is 5.16. The minimum atomic E-state index is -1.03. The van der Waals surface area contributed by atoms with Gasteiger partial charge in [0.25, 0.3) is 5.91 Å². The Labute approximate surface area is 192 Å². The number of H-pyrrole nitrogens is 1. The molecule has 3 amide bonds. The molecule has 0 spiro atoms. The maximum Gasteiger partial charge on any atom is 0.329 e. The van der Waals surface area contributed by atoms with Gasteiger partial charge in [0.05, 0.1) is 0 Å². The van der Waals surface area contributed by atoms with Gasteiger partial charge >= 0.3 is 12.0 Å². The van der Waals surface area contributed by atoms with Gasteiger partial charge < -0.3 is 31.0 Å². The monoisotopic (exact) mass is 451 g/mol. The van der Waals surface area contributed by atoms with Crippen molar-refractivity contribution in [1.29, 1.82) is 0 Å². The van der Waals surface area contributed by atoms with Gasteiger partial charge in [0, 0.05) is 48.0 Å². The Morgan fingerprint density at radius 2 is 1.76 bits per heavy atom. The summed E-state index contributed by atoms with van der Waals surface area (Å²) in [6, 6.07) is 13.1. The highest BCUT2D eigenvalue weighted by Crippen LogP contribution is 2.20. The Hall–Kier alpha value is -4.01. The molecule has 9 heteroatoms. The summed E-state index contributed by atoms with van der Waals surface area (Å²) in [6.45, 7) is 5.44. The number of fused-ring (bicyclic) bond motifs is 1. The van der Waals surface area contributed by atoms with Crippen molar-refractivity contribution in [2.45, 2.75) is 26.3 Å². The van der Waals surface area contributed by atoms with Crippen LogP contribution in [-0.2, 0) is 20.7 Å². The SMILES string of the molecule is CCN(CC)c1ccc(NC(=O)COC(=O)[C@@H](Cc2c[nH]c3ccccc23)NC(N)=O)cc1. The van der Waals surface area contributed by atoms with E-state index in [0.717, 1.165) is 35.2 Å². The number of rotatable bonds is 10. The van der Waals surface area contributed by atoms with Crippen molar-refractivity contribution < 1.29 is 19.1 Å². The second kappa shape index (κ2) is 11.0. The number of nitrogens with two attached hydrogens (primary N) is 1. The van der Waals surface area contributed by atoms with E-state index in [0.29, 0.717) is 5.69 Å². The second-order valence-electron chi connectivity index (χ2n) is 7.50. The highest BCUT2D eigenvalue weighted by Gasteiger charge is 2.24. The minimum Gasteiger partial charge on any atom is -0.454 e. The first-order valence-corrected chi connectivity index (χ1v) is 10.8. The third-order valence-electron chi connectivity index (χ3n) is 5.33. The molecule has 0 bridgehead atoms. The Bertz CT molecular complexity index is 1110. The van der Waals surface area contributed by atoms with Crippen LogP contribution in [0.4, 0.5) is 16.2 Å². The minimum absolute atomic E-state index is 0.167. The second-order valence-corrected chi connectivity index (χ2v) is 7.50. The number of primary amides is 1. The van der Waals surface area contributed by atoms with Gasteiger partial charge in [-0.3, -0.25) is 4.79 Å². The molecule has 1 atom stereocenters. The zero-order chi connectivity index (χ0) is 23.8. The summed E-state index contributed by atoms with van der Waals surface area (Å²) in [5, 5.41) is 6.02. The van der Waals surface area contributed by atoms with Gasteiger partial charge in [0.15, 0.2) is 6.61 Å². The van der Waals surface area contributed by atoms with Crippen LogP contribution in [0.3, 0.4) is 0 Å². The quantitative estimate of drug-likeness (QED) is 0.352. The molecule has 3 aromatic rings. The molecule has 5 N–H and O–H groups in total. The number of urea groups is 1. The summed E-state index contributed by atoms with van der Waals surface area (Å²) in [4.78, 5) is 41.6. The van der Waals surface area contributed by atoms with Crippen molar-refractivity contribution in [1.82, 2.24) is 10.3 Å². The molecule has 0 radical (unpaired) electrons. The number of hydrogen-bond acceptors (Lipinski definition) is 5. The van der Waals surface area contributed by atoms with Crippen molar-refractivity contribution in [3.05, 3.63) is 60.3 Å². The van der Waals surface area contributed by atoms with E-state index in [1.54, 1.807) is 18.3 Å². The normalized spacial score (nSPS) is 11.6. The maximum atomic E-state index is 12.6. The molecule has 0 unspecified atom stereocenters. The molecule has 33 heavy (non-hydrogen) atoms. The number of carbonyl (C=O) groups is 3. The Balaban J connectivity index is 1.58. The lowest BCUT2D eigenvalue weighted by Crippen LogP contribution is -2.46. The van der Waals surface area contributed by atoms with Gasteiger partial charge in [0.2, 0.25) is 0 Å². The number of anilines is 2. The highest BCUT2D eigenvalue weighted by atomic mass is 16.5. The van der Waals surface area contributed by atoms with Gasteiger partial charge in [-0.1, -0.05) is 18.2 Å². The predicted molar refractivity (Wildman–Crippen MR) is 128 cm³/mol. The number of esters is 1. The molecule has 9 nitrogen and oxygen atoms in total. The lowest BCUT2D eigenvalue weighted by atomic mass is 10.1. The number of ether oxygens (including phenoxy) is 1. The van der Waals surface area contributed by atoms with Crippen LogP contribution in [-0.4, -0.2) is 48.6 Å². The number of carbonyl (C=O) groups excluding carboxylic acids is 3. The van der Waals surface area contributed by atoms with Crippen LogP contribution in [0.5, 0.6) is 0 Å². The summed E-state index contributed by atoms with van der Waals surface area (Å²) in [7, 11) is 0. The van der Waals surface area contributed by atoms with Crippen molar-refractivity contribution >= 4 is 40.2 Å². The third kappa shape index (κ3) is 6.25. The molecule has 0 aliphatic carbocycles. The lowest BCUT2D eigenvalue weighted by molar-refractivity contribution is -0.149. The van der Waals surface area contributed by atoms with Crippen molar-refractivity contribution in [3.8, 4) is 0 Å². The van der Waals surface area contributed by atoms with Gasteiger partial charge in [-0.15, -0.1) is 0 Å². The number of aromatic nitrogens is 1. The maximum absolute atomic E-state index is 12.6. The molecular formula is C24H29N5O4. The molecule has 174 valence electrons. The number of hydrogen-bond donors (Lipinski definition) is 4. The Morgan fingerprint density at radius 1 is 1.06 bits per heavy atom. The van der Waals surface area contributed by atoms with E-state index in [2.05, 4.69) is 34.4 Å². The van der Waals surface area contributed by atoms with Gasteiger partial charge in [0.1, 0.15) is 6.04 Å². The fraction of sp³-hybridized carbons (Fsp3) is 0.292. The number of para-hydroxylation sites is 1. The molecule has 0 saturated heterocycles. The molecule has 0 aliphatic heterocycles. The highest BCUT2D eigenvalue weighted by molar-refractivity contribution is 5.94. The third-order valence-corrected chi connectivity index (χ3v) is 5.33. The van der Waals surface area contributed by atoms with E-state index in [1.165, 1.54) is 0 Å². The van der Waals surface area contributed by atoms with Crippen LogP contribution in [0.1, 0.15) is 19.4 Å².